The molecule has 1 N–H and O–H groups in total. The van der Waals surface area contributed by atoms with Crippen LogP contribution in [-0.2, 0) is 6.42 Å². The Morgan fingerprint density at radius 1 is 1.29 bits per heavy atom. The van der Waals surface area contributed by atoms with Crippen LogP contribution < -0.4 is 0 Å². The first kappa shape index (κ1) is 12.3. The van der Waals surface area contributed by atoms with Crippen LogP contribution in [0.1, 0.15) is 35.2 Å². The van der Waals surface area contributed by atoms with Crippen LogP contribution in [0.25, 0.3) is 0 Å². The molecule has 0 saturated carbocycles. The first-order valence-electron chi connectivity index (χ1n) is 5.90. The highest BCUT2D eigenvalue weighted by Gasteiger charge is 2.07. The van der Waals surface area contributed by atoms with Crippen molar-refractivity contribution in [2.75, 3.05) is 0 Å². The van der Waals surface area contributed by atoms with Crippen LogP contribution in [0.3, 0.4) is 0 Å². The first-order valence-corrected chi connectivity index (χ1v) is 6.77. The van der Waals surface area contributed by atoms with Crippen molar-refractivity contribution in [3.8, 4) is 0 Å². The lowest BCUT2D eigenvalue weighted by molar-refractivity contribution is 0.164. The monoisotopic (exact) mass is 247 g/mol. The second kappa shape index (κ2) is 5.94. The molecule has 2 nitrogen and oxygen atoms in total. The zero-order valence-corrected chi connectivity index (χ0v) is 10.8. The highest BCUT2D eigenvalue weighted by molar-refractivity contribution is 7.09. The molecule has 0 saturated heterocycles. The van der Waals surface area contributed by atoms with E-state index in [9.17, 15) is 5.11 Å². The number of hydrogen-bond donors (Lipinski definition) is 1. The Morgan fingerprint density at radius 3 is 2.71 bits per heavy atom. The van der Waals surface area contributed by atoms with E-state index in [2.05, 4.69) is 10.4 Å². The molecule has 2 aromatic rings. The zero-order chi connectivity index (χ0) is 12.1. The summed E-state index contributed by atoms with van der Waals surface area (Å²) in [6.07, 6.45) is 2.37. The van der Waals surface area contributed by atoms with Gasteiger partial charge >= 0.3 is 0 Å². The maximum absolute atomic E-state index is 9.99. The SMILES string of the molecule is Cc1nc(CCCC(O)c2ccccc2)cs1. The fourth-order valence-electron chi connectivity index (χ4n) is 1.84. The van der Waals surface area contributed by atoms with Crippen molar-refractivity contribution in [1.82, 2.24) is 4.98 Å². The molecule has 0 aliphatic rings. The molecule has 17 heavy (non-hydrogen) atoms. The van der Waals surface area contributed by atoms with Crippen LogP contribution in [0.4, 0.5) is 0 Å². The standard InChI is InChI=1S/C14H17NOS/c1-11-15-13(10-17-11)8-5-9-14(16)12-6-3-2-4-7-12/h2-4,6-7,10,14,16H,5,8-9H2,1H3. The van der Waals surface area contributed by atoms with E-state index in [-0.39, 0.29) is 6.10 Å². The molecular formula is C14H17NOS. The van der Waals surface area contributed by atoms with Crippen LogP contribution in [0, 0.1) is 6.92 Å². The number of rotatable bonds is 5. The van der Waals surface area contributed by atoms with Gasteiger partial charge in [0.05, 0.1) is 16.8 Å². The van der Waals surface area contributed by atoms with Crippen molar-refractivity contribution in [1.29, 1.82) is 0 Å². The maximum Gasteiger partial charge on any atom is 0.0897 e. The minimum atomic E-state index is -0.351. The van der Waals surface area contributed by atoms with Gasteiger partial charge in [0.2, 0.25) is 0 Å². The van der Waals surface area contributed by atoms with Gasteiger partial charge in [-0.3, -0.25) is 0 Å². The molecule has 1 aromatic carbocycles. The third kappa shape index (κ3) is 3.65. The van der Waals surface area contributed by atoms with E-state index < -0.39 is 0 Å². The second-order valence-corrected chi connectivity index (χ2v) is 5.24. The summed E-state index contributed by atoms with van der Waals surface area (Å²) >= 11 is 1.69. The third-order valence-electron chi connectivity index (χ3n) is 2.76. The zero-order valence-electron chi connectivity index (χ0n) is 9.97. The minimum absolute atomic E-state index is 0.351. The molecule has 0 aliphatic carbocycles. The van der Waals surface area contributed by atoms with Gasteiger partial charge in [-0.05, 0) is 31.7 Å². The van der Waals surface area contributed by atoms with Crippen LogP contribution in [-0.4, -0.2) is 10.1 Å². The van der Waals surface area contributed by atoms with Gasteiger partial charge in [-0.25, -0.2) is 4.98 Å². The summed E-state index contributed by atoms with van der Waals surface area (Å²) in [6, 6.07) is 9.83. The van der Waals surface area contributed by atoms with E-state index in [0.29, 0.717) is 0 Å². The summed E-state index contributed by atoms with van der Waals surface area (Å²) in [7, 11) is 0. The number of aliphatic hydroxyl groups excluding tert-OH is 1. The van der Waals surface area contributed by atoms with E-state index >= 15 is 0 Å². The lowest BCUT2D eigenvalue weighted by Crippen LogP contribution is -1.98. The highest BCUT2D eigenvalue weighted by Crippen LogP contribution is 2.19. The molecule has 0 aliphatic heterocycles. The maximum atomic E-state index is 9.99. The molecule has 3 heteroatoms. The number of benzene rings is 1. The van der Waals surface area contributed by atoms with Crippen molar-refractivity contribution in [2.24, 2.45) is 0 Å². The molecule has 1 unspecified atom stereocenters. The number of aliphatic hydroxyl groups is 1. The molecule has 2 rings (SSSR count). The molecular weight excluding hydrogens is 230 g/mol. The normalized spacial score (nSPS) is 12.6. The number of aryl methyl sites for hydroxylation is 2. The quantitative estimate of drug-likeness (QED) is 0.877. The Kier molecular flexibility index (Phi) is 4.29. The van der Waals surface area contributed by atoms with Crippen molar-refractivity contribution in [3.05, 3.63) is 52.0 Å². The Bertz CT molecular complexity index is 452. The molecule has 1 aromatic heterocycles. The fourth-order valence-corrected chi connectivity index (χ4v) is 2.49. The molecule has 1 heterocycles. The van der Waals surface area contributed by atoms with E-state index in [4.69, 9.17) is 0 Å². The molecule has 0 radical (unpaired) electrons. The van der Waals surface area contributed by atoms with Crippen LogP contribution in [0.15, 0.2) is 35.7 Å². The second-order valence-electron chi connectivity index (χ2n) is 4.18. The minimum Gasteiger partial charge on any atom is -0.388 e. The average Bonchev–Trinajstić information content (AvgIpc) is 2.76. The highest BCUT2D eigenvalue weighted by atomic mass is 32.1. The van der Waals surface area contributed by atoms with Crippen molar-refractivity contribution in [3.63, 3.8) is 0 Å². The van der Waals surface area contributed by atoms with Crippen molar-refractivity contribution >= 4 is 11.3 Å². The summed E-state index contributed by atoms with van der Waals surface area (Å²) in [5.41, 5.74) is 2.15. The smallest absolute Gasteiger partial charge is 0.0897 e. The Hall–Kier alpha value is -1.19. The number of thiazole rings is 1. The molecule has 90 valence electrons. The van der Waals surface area contributed by atoms with E-state index in [1.165, 1.54) is 0 Å². The fraction of sp³-hybridized carbons (Fsp3) is 0.357. The van der Waals surface area contributed by atoms with Gasteiger partial charge in [-0.15, -0.1) is 11.3 Å². The van der Waals surface area contributed by atoms with Gasteiger partial charge in [-0.1, -0.05) is 30.3 Å². The molecule has 0 spiro atoms. The predicted octanol–water partition coefficient (Wildman–Crippen LogP) is 3.51. The van der Waals surface area contributed by atoms with Gasteiger partial charge in [-0.2, -0.15) is 0 Å². The van der Waals surface area contributed by atoms with Gasteiger partial charge in [0.25, 0.3) is 0 Å². The summed E-state index contributed by atoms with van der Waals surface area (Å²) in [6.45, 7) is 2.02. The van der Waals surface area contributed by atoms with Gasteiger partial charge in [0.15, 0.2) is 0 Å². The van der Waals surface area contributed by atoms with Crippen LogP contribution in [0.5, 0.6) is 0 Å². The Balaban J connectivity index is 1.79. The van der Waals surface area contributed by atoms with E-state index in [0.717, 1.165) is 35.5 Å². The van der Waals surface area contributed by atoms with Crippen molar-refractivity contribution in [2.45, 2.75) is 32.3 Å². The lowest BCUT2D eigenvalue weighted by atomic mass is 10.0. The summed E-state index contributed by atoms with van der Waals surface area (Å²) in [5, 5.41) is 13.2. The lowest BCUT2D eigenvalue weighted by Gasteiger charge is -2.09. The van der Waals surface area contributed by atoms with Crippen molar-refractivity contribution < 1.29 is 5.11 Å². The van der Waals surface area contributed by atoms with E-state index in [1.807, 2.05) is 37.3 Å². The van der Waals surface area contributed by atoms with Gasteiger partial charge < -0.3 is 5.11 Å². The molecule has 0 amide bonds. The average molecular weight is 247 g/mol. The molecule has 1 atom stereocenters. The summed E-state index contributed by atoms with van der Waals surface area (Å²) in [5.74, 6) is 0. The van der Waals surface area contributed by atoms with E-state index in [1.54, 1.807) is 11.3 Å². The third-order valence-corrected chi connectivity index (χ3v) is 3.58. The summed E-state index contributed by atoms with van der Waals surface area (Å²) in [4.78, 5) is 4.42. The number of aromatic nitrogens is 1. The number of nitrogens with zero attached hydrogens (tertiary/aromatic N) is 1. The molecule has 0 bridgehead atoms. The number of hydrogen-bond acceptors (Lipinski definition) is 3. The van der Waals surface area contributed by atoms with Crippen LogP contribution in [0.2, 0.25) is 0 Å². The van der Waals surface area contributed by atoms with Gasteiger partial charge in [0, 0.05) is 5.38 Å². The molecule has 0 fully saturated rings. The van der Waals surface area contributed by atoms with Crippen LogP contribution >= 0.6 is 11.3 Å². The van der Waals surface area contributed by atoms with Gasteiger partial charge in [0.1, 0.15) is 0 Å². The predicted molar refractivity (Wildman–Crippen MR) is 71.2 cm³/mol. The Labute approximate surface area is 106 Å². The largest absolute Gasteiger partial charge is 0.388 e. The topological polar surface area (TPSA) is 33.1 Å². The summed E-state index contributed by atoms with van der Waals surface area (Å²) < 4.78 is 0. The first-order chi connectivity index (χ1) is 8.25. The Morgan fingerprint density at radius 2 is 2.06 bits per heavy atom.